The Morgan fingerprint density at radius 3 is 2.44 bits per heavy atom. The monoisotopic (exact) mass is 225 g/mol. The Balaban J connectivity index is 3.14. The van der Waals surface area contributed by atoms with Crippen molar-refractivity contribution in [2.75, 3.05) is 0 Å². The van der Waals surface area contributed by atoms with Crippen molar-refractivity contribution in [2.45, 2.75) is 26.8 Å². The predicted molar refractivity (Wildman–Crippen MR) is 59.5 cm³/mol. The van der Waals surface area contributed by atoms with Gasteiger partial charge in [0.25, 0.3) is 0 Å². The van der Waals surface area contributed by atoms with Gasteiger partial charge in [0.05, 0.1) is 5.41 Å². The highest BCUT2D eigenvalue weighted by atomic mass is 19.1. The summed E-state index contributed by atoms with van der Waals surface area (Å²) in [6.45, 7) is 4.80. The molecule has 0 aliphatic heterocycles. The highest BCUT2D eigenvalue weighted by Crippen LogP contribution is 2.32. The lowest BCUT2D eigenvalue weighted by molar-refractivity contribution is -0.148. The number of carboxylic acid groups (broad SMARTS) is 1. The summed E-state index contributed by atoms with van der Waals surface area (Å²) in [5.74, 6) is -1.39. The summed E-state index contributed by atoms with van der Waals surface area (Å²) in [4.78, 5) is 11.0. The molecule has 1 atom stereocenters. The maximum atomic E-state index is 13.2. The number of nitrogens with two attached hydrogens (primary N) is 1. The first kappa shape index (κ1) is 12.6. The van der Waals surface area contributed by atoms with Gasteiger partial charge in [0.15, 0.2) is 0 Å². The first-order valence-corrected chi connectivity index (χ1v) is 5.01. The van der Waals surface area contributed by atoms with E-state index in [4.69, 9.17) is 10.8 Å². The van der Waals surface area contributed by atoms with Gasteiger partial charge in [-0.1, -0.05) is 6.07 Å². The summed E-state index contributed by atoms with van der Waals surface area (Å²) in [6.07, 6.45) is 0. The third-order valence-electron chi connectivity index (χ3n) is 2.75. The molecule has 1 aromatic carbocycles. The van der Waals surface area contributed by atoms with Crippen molar-refractivity contribution in [3.05, 3.63) is 35.1 Å². The Kier molecular flexibility index (Phi) is 3.33. The van der Waals surface area contributed by atoms with Gasteiger partial charge in [0.2, 0.25) is 0 Å². The van der Waals surface area contributed by atoms with Crippen LogP contribution < -0.4 is 5.73 Å². The molecule has 0 aliphatic rings. The lowest BCUT2D eigenvalue weighted by Crippen LogP contribution is -2.36. The van der Waals surface area contributed by atoms with Gasteiger partial charge < -0.3 is 10.8 Å². The molecule has 3 nitrogen and oxygen atoms in total. The first-order chi connectivity index (χ1) is 7.25. The van der Waals surface area contributed by atoms with Crippen molar-refractivity contribution in [2.24, 2.45) is 11.1 Å². The molecule has 0 radical (unpaired) electrons. The number of hydrogen-bond acceptors (Lipinski definition) is 2. The molecule has 1 aromatic rings. The molecule has 0 saturated heterocycles. The molecule has 0 amide bonds. The van der Waals surface area contributed by atoms with Crippen LogP contribution in [0.3, 0.4) is 0 Å². The van der Waals surface area contributed by atoms with E-state index < -0.39 is 23.2 Å². The van der Waals surface area contributed by atoms with Crippen LogP contribution in [0.5, 0.6) is 0 Å². The molecule has 0 saturated carbocycles. The number of aryl methyl sites for hydroxylation is 1. The fourth-order valence-corrected chi connectivity index (χ4v) is 1.49. The minimum Gasteiger partial charge on any atom is -0.481 e. The van der Waals surface area contributed by atoms with E-state index in [1.54, 1.807) is 13.0 Å². The lowest BCUT2D eigenvalue weighted by atomic mass is 9.81. The van der Waals surface area contributed by atoms with Crippen LogP contribution in [0.15, 0.2) is 18.2 Å². The van der Waals surface area contributed by atoms with Crippen LogP contribution in [0.1, 0.15) is 31.0 Å². The topological polar surface area (TPSA) is 63.3 Å². The predicted octanol–water partition coefficient (Wildman–Crippen LogP) is 2.24. The SMILES string of the molecule is Cc1cc(F)cc([C@H](N)C(C)(C)C(=O)O)c1. The van der Waals surface area contributed by atoms with Crippen molar-refractivity contribution in [1.82, 2.24) is 0 Å². The highest BCUT2D eigenvalue weighted by molar-refractivity contribution is 5.75. The Labute approximate surface area is 94.1 Å². The van der Waals surface area contributed by atoms with Gasteiger partial charge in [-0.3, -0.25) is 4.79 Å². The highest BCUT2D eigenvalue weighted by Gasteiger charge is 2.35. The first-order valence-electron chi connectivity index (χ1n) is 5.01. The Hall–Kier alpha value is -1.42. The maximum Gasteiger partial charge on any atom is 0.311 e. The zero-order chi connectivity index (χ0) is 12.5. The summed E-state index contributed by atoms with van der Waals surface area (Å²) < 4.78 is 13.2. The Morgan fingerprint density at radius 2 is 2.00 bits per heavy atom. The molecule has 4 heteroatoms. The molecule has 0 heterocycles. The second-order valence-corrected chi connectivity index (χ2v) is 4.57. The number of aliphatic carboxylic acids is 1. The van der Waals surface area contributed by atoms with Gasteiger partial charge in [0, 0.05) is 6.04 Å². The molecule has 0 aliphatic carbocycles. The molecular formula is C12H16FNO2. The van der Waals surface area contributed by atoms with Gasteiger partial charge in [-0.2, -0.15) is 0 Å². The van der Waals surface area contributed by atoms with Gasteiger partial charge in [-0.15, -0.1) is 0 Å². The smallest absolute Gasteiger partial charge is 0.311 e. The van der Waals surface area contributed by atoms with Crippen molar-refractivity contribution < 1.29 is 14.3 Å². The second-order valence-electron chi connectivity index (χ2n) is 4.57. The number of halogens is 1. The van der Waals surface area contributed by atoms with Crippen molar-refractivity contribution in [3.8, 4) is 0 Å². The fourth-order valence-electron chi connectivity index (χ4n) is 1.49. The second kappa shape index (κ2) is 4.22. The number of carboxylic acids is 1. The van der Waals surface area contributed by atoms with E-state index in [1.165, 1.54) is 26.0 Å². The molecule has 16 heavy (non-hydrogen) atoms. The molecule has 0 fully saturated rings. The quantitative estimate of drug-likeness (QED) is 0.829. The molecule has 88 valence electrons. The normalized spacial score (nSPS) is 13.6. The third kappa shape index (κ3) is 2.39. The van der Waals surface area contributed by atoms with Gasteiger partial charge >= 0.3 is 5.97 Å². The summed E-state index contributed by atoms with van der Waals surface area (Å²) in [6, 6.07) is 3.63. The fraction of sp³-hybridized carbons (Fsp3) is 0.417. The number of benzene rings is 1. The maximum absolute atomic E-state index is 13.2. The molecular weight excluding hydrogens is 209 g/mol. The van der Waals surface area contributed by atoms with Crippen LogP contribution in [0.2, 0.25) is 0 Å². The standard InChI is InChI=1S/C12H16FNO2/c1-7-4-8(6-9(13)5-7)10(14)12(2,3)11(15)16/h4-6,10H,14H2,1-3H3,(H,15,16)/t10-/m0/s1. The van der Waals surface area contributed by atoms with Crippen molar-refractivity contribution >= 4 is 5.97 Å². The van der Waals surface area contributed by atoms with Crippen LogP contribution >= 0.6 is 0 Å². The van der Waals surface area contributed by atoms with E-state index in [0.717, 1.165) is 5.56 Å². The van der Waals surface area contributed by atoms with E-state index in [-0.39, 0.29) is 0 Å². The van der Waals surface area contributed by atoms with E-state index >= 15 is 0 Å². The average molecular weight is 225 g/mol. The van der Waals surface area contributed by atoms with E-state index in [1.807, 2.05) is 0 Å². The Morgan fingerprint density at radius 1 is 1.44 bits per heavy atom. The van der Waals surface area contributed by atoms with E-state index in [0.29, 0.717) is 5.56 Å². The van der Waals surface area contributed by atoms with Crippen LogP contribution in [0, 0.1) is 18.2 Å². The Bertz CT molecular complexity index is 395. The van der Waals surface area contributed by atoms with Crippen LogP contribution in [0.4, 0.5) is 4.39 Å². The summed E-state index contributed by atoms with van der Waals surface area (Å²) in [7, 11) is 0. The zero-order valence-electron chi connectivity index (χ0n) is 9.62. The van der Waals surface area contributed by atoms with Crippen LogP contribution in [0.25, 0.3) is 0 Å². The lowest BCUT2D eigenvalue weighted by Gasteiger charge is -2.27. The molecule has 0 unspecified atom stereocenters. The van der Waals surface area contributed by atoms with Crippen molar-refractivity contribution in [1.29, 1.82) is 0 Å². The summed E-state index contributed by atoms with van der Waals surface area (Å²) in [5.41, 5.74) is 5.97. The molecule has 0 bridgehead atoms. The third-order valence-corrected chi connectivity index (χ3v) is 2.75. The van der Waals surface area contributed by atoms with Crippen LogP contribution in [-0.4, -0.2) is 11.1 Å². The van der Waals surface area contributed by atoms with E-state index in [2.05, 4.69) is 0 Å². The molecule has 0 aromatic heterocycles. The minimum atomic E-state index is -1.12. The largest absolute Gasteiger partial charge is 0.481 e. The van der Waals surface area contributed by atoms with Gasteiger partial charge in [-0.25, -0.2) is 4.39 Å². The number of hydrogen-bond donors (Lipinski definition) is 2. The van der Waals surface area contributed by atoms with Crippen molar-refractivity contribution in [3.63, 3.8) is 0 Å². The number of rotatable bonds is 3. The minimum absolute atomic E-state index is 0.397. The summed E-state index contributed by atoms with van der Waals surface area (Å²) >= 11 is 0. The van der Waals surface area contributed by atoms with Gasteiger partial charge in [-0.05, 0) is 44.0 Å². The summed E-state index contributed by atoms with van der Waals surface area (Å²) in [5, 5.41) is 9.04. The average Bonchev–Trinajstić information content (AvgIpc) is 2.14. The zero-order valence-corrected chi connectivity index (χ0v) is 9.62. The van der Waals surface area contributed by atoms with Crippen LogP contribution in [-0.2, 0) is 4.79 Å². The number of carbonyl (C=O) groups is 1. The molecule has 1 rings (SSSR count). The molecule has 0 spiro atoms. The van der Waals surface area contributed by atoms with E-state index in [9.17, 15) is 9.18 Å². The van der Waals surface area contributed by atoms with Gasteiger partial charge in [0.1, 0.15) is 5.82 Å². The molecule has 3 N–H and O–H groups in total.